The molecule has 7 heteroatoms. The number of hydrogen-bond donors (Lipinski definition) is 1. The lowest BCUT2D eigenvalue weighted by Gasteiger charge is -2.18. The minimum absolute atomic E-state index is 0.0119. The molecule has 0 aliphatic heterocycles. The molecule has 0 heterocycles. The third-order valence-corrected chi connectivity index (χ3v) is 2.51. The smallest absolute Gasteiger partial charge is 0.289 e. The van der Waals surface area contributed by atoms with E-state index in [4.69, 9.17) is 5.26 Å². The van der Waals surface area contributed by atoms with Gasteiger partial charge in [0, 0.05) is 25.8 Å². The van der Waals surface area contributed by atoms with Gasteiger partial charge in [-0.15, -0.1) is 0 Å². The fourth-order valence-corrected chi connectivity index (χ4v) is 1.57. The molecule has 0 bridgehead atoms. The summed E-state index contributed by atoms with van der Waals surface area (Å²) in [5, 5.41) is 22.4. The van der Waals surface area contributed by atoms with E-state index in [2.05, 4.69) is 5.32 Å². The van der Waals surface area contributed by atoms with Crippen LogP contribution < -0.4 is 5.32 Å². The first-order valence-electron chi connectivity index (χ1n) is 5.53. The third kappa shape index (κ3) is 3.42. The standard InChI is InChI=1S/C12H14N4O3/c1-8(12(17)15(2)3)14-10-5-4-9(7-13)11(6-10)16(18)19/h4-6,8,14H,1-3H3. The predicted octanol–water partition coefficient (Wildman–Crippen LogP) is 1.36. The number of likely N-dealkylation sites (N-methyl/N-ethyl adjacent to an activating group) is 1. The fourth-order valence-electron chi connectivity index (χ4n) is 1.57. The van der Waals surface area contributed by atoms with E-state index in [-0.39, 0.29) is 17.2 Å². The van der Waals surface area contributed by atoms with Crippen LogP contribution in [0.2, 0.25) is 0 Å². The van der Waals surface area contributed by atoms with Gasteiger partial charge < -0.3 is 10.2 Å². The molecule has 0 saturated carbocycles. The number of benzene rings is 1. The molecule has 1 rings (SSSR count). The quantitative estimate of drug-likeness (QED) is 0.652. The van der Waals surface area contributed by atoms with Crippen molar-refractivity contribution in [3.63, 3.8) is 0 Å². The molecule has 0 saturated heterocycles. The highest BCUT2D eigenvalue weighted by Crippen LogP contribution is 2.23. The van der Waals surface area contributed by atoms with Crippen molar-refractivity contribution in [3.8, 4) is 6.07 Å². The van der Waals surface area contributed by atoms with E-state index in [1.165, 1.54) is 23.1 Å². The van der Waals surface area contributed by atoms with Crippen LogP contribution in [0.1, 0.15) is 12.5 Å². The second-order valence-electron chi connectivity index (χ2n) is 4.20. The molecule has 1 N–H and O–H groups in total. The Kier molecular flexibility index (Phi) is 4.42. The van der Waals surface area contributed by atoms with E-state index < -0.39 is 11.0 Å². The zero-order chi connectivity index (χ0) is 14.6. The maximum absolute atomic E-state index is 11.7. The highest BCUT2D eigenvalue weighted by atomic mass is 16.6. The number of nitrogens with one attached hydrogen (secondary N) is 1. The third-order valence-electron chi connectivity index (χ3n) is 2.51. The van der Waals surface area contributed by atoms with E-state index in [9.17, 15) is 14.9 Å². The van der Waals surface area contributed by atoms with Gasteiger partial charge in [0.1, 0.15) is 17.7 Å². The summed E-state index contributed by atoms with van der Waals surface area (Å²) in [6.07, 6.45) is 0. The van der Waals surface area contributed by atoms with Crippen LogP contribution in [0.4, 0.5) is 11.4 Å². The van der Waals surface area contributed by atoms with Gasteiger partial charge in [0.25, 0.3) is 5.69 Å². The summed E-state index contributed by atoms with van der Waals surface area (Å²) in [6, 6.07) is 5.38. The van der Waals surface area contributed by atoms with Crippen LogP contribution in [0, 0.1) is 21.4 Å². The zero-order valence-corrected chi connectivity index (χ0v) is 10.9. The average molecular weight is 262 g/mol. The molecule has 1 atom stereocenters. The topological polar surface area (TPSA) is 99.3 Å². The van der Waals surface area contributed by atoms with Crippen molar-refractivity contribution in [2.24, 2.45) is 0 Å². The Morgan fingerprint density at radius 1 is 1.53 bits per heavy atom. The molecule has 0 fully saturated rings. The van der Waals surface area contributed by atoms with Crippen molar-refractivity contribution >= 4 is 17.3 Å². The normalized spacial score (nSPS) is 11.3. The van der Waals surface area contributed by atoms with Gasteiger partial charge >= 0.3 is 0 Å². The Balaban J connectivity index is 2.98. The highest BCUT2D eigenvalue weighted by molar-refractivity contribution is 5.84. The van der Waals surface area contributed by atoms with Gasteiger partial charge in [-0.2, -0.15) is 5.26 Å². The Morgan fingerprint density at radius 3 is 2.63 bits per heavy atom. The monoisotopic (exact) mass is 262 g/mol. The second-order valence-corrected chi connectivity index (χ2v) is 4.20. The molecule has 0 aromatic heterocycles. The lowest BCUT2D eigenvalue weighted by Crippen LogP contribution is -2.36. The predicted molar refractivity (Wildman–Crippen MR) is 69.6 cm³/mol. The van der Waals surface area contributed by atoms with Crippen molar-refractivity contribution in [1.29, 1.82) is 5.26 Å². The van der Waals surface area contributed by atoms with Gasteiger partial charge in [-0.1, -0.05) is 0 Å². The van der Waals surface area contributed by atoms with Crippen molar-refractivity contribution < 1.29 is 9.72 Å². The lowest BCUT2D eigenvalue weighted by molar-refractivity contribution is -0.385. The fraction of sp³-hybridized carbons (Fsp3) is 0.333. The Labute approximate surface area is 110 Å². The first-order valence-corrected chi connectivity index (χ1v) is 5.53. The molecule has 0 spiro atoms. The molecule has 19 heavy (non-hydrogen) atoms. The van der Waals surface area contributed by atoms with Crippen molar-refractivity contribution in [2.45, 2.75) is 13.0 Å². The first-order chi connectivity index (χ1) is 8.86. The Morgan fingerprint density at radius 2 is 2.16 bits per heavy atom. The molecule has 1 amide bonds. The number of carbonyl (C=O) groups is 1. The number of nitrogens with zero attached hydrogens (tertiary/aromatic N) is 3. The van der Waals surface area contributed by atoms with Crippen LogP contribution in [0.5, 0.6) is 0 Å². The number of amides is 1. The summed E-state index contributed by atoms with van der Waals surface area (Å²) >= 11 is 0. The summed E-state index contributed by atoms with van der Waals surface area (Å²) < 4.78 is 0. The van der Waals surface area contributed by atoms with Crippen LogP contribution in [-0.4, -0.2) is 35.9 Å². The Hall–Kier alpha value is -2.62. The number of carbonyl (C=O) groups excluding carboxylic acids is 1. The van der Waals surface area contributed by atoms with Crippen LogP contribution in [0.3, 0.4) is 0 Å². The molecule has 7 nitrogen and oxygen atoms in total. The number of hydrogen-bond acceptors (Lipinski definition) is 5. The molecule has 0 radical (unpaired) electrons. The summed E-state index contributed by atoms with van der Waals surface area (Å²) in [6.45, 7) is 1.66. The van der Waals surface area contributed by atoms with E-state index in [0.717, 1.165) is 0 Å². The summed E-state index contributed by atoms with van der Waals surface area (Å²) in [4.78, 5) is 23.3. The lowest BCUT2D eigenvalue weighted by atomic mass is 10.1. The molecule has 0 aliphatic carbocycles. The van der Waals surface area contributed by atoms with E-state index in [0.29, 0.717) is 5.69 Å². The number of nitro benzene ring substituents is 1. The molecule has 1 unspecified atom stereocenters. The molecule has 1 aromatic carbocycles. The second kappa shape index (κ2) is 5.82. The number of anilines is 1. The zero-order valence-electron chi connectivity index (χ0n) is 10.9. The number of nitro groups is 1. The van der Waals surface area contributed by atoms with Gasteiger partial charge in [0.2, 0.25) is 5.91 Å². The van der Waals surface area contributed by atoms with Crippen molar-refractivity contribution in [1.82, 2.24) is 4.90 Å². The minimum atomic E-state index is -0.623. The Bertz CT molecular complexity index is 548. The molecular weight excluding hydrogens is 248 g/mol. The SMILES string of the molecule is CC(Nc1ccc(C#N)c([N+](=O)[O-])c1)C(=O)N(C)C. The molecule has 100 valence electrons. The molecule has 0 aliphatic rings. The largest absolute Gasteiger partial charge is 0.374 e. The van der Waals surface area contributed by atoms with Gasteiger partial charge in [0.15, 0.2) is 0 Å². The van der Waals surface area contributed by atoms with Crippen LogP contribution in [-0.2, 0) is 4.79 Å². The van der Waals surface area contributed by atoms with Gasteiger partial charge in [-0.3, -0.25) is 14.9 Å². The highest BCUT2D eigenvalue weighted by Gasteiger charge is 2.18. The van der Waals surface area contributed by atoms with Crippen LogP contribution in [0.25, 0.3) is 0 Å². The summed E-state index contributed by atoms with van der Waals surface area (Å²) in [5.74, 6) is -0.146. The van der Waals surface area contributed by atoms with Crippen LogP contribution in [0.15, 0.2) is 18.2 Å². The summed E-state index contributed by atoms with van der Waals surface area (Å²) in [7, 11) is 3.25. The number of rotatable bonds is 4. The molecule has 1 aromatic rings. The van der Waals surface area contributed by atoms with E-state index >= 15 is 0 Å². The van der Waals surface area contributed by atoms with Crippen molar-refractivity contribution in [3.05, 3.63) is 33.9 Å². The maximum Gasteiger partial charge on any atom is 0.289 e. The average Bonchev–Trinajstić information content (AvgIpc) is 2.37. The maximum atomic E-state index is 11.7. The van der Waals surface area contributed by atoms with Gasteiger partial charge in [0.05, 0.1) is 4.92 Å². The first kappa shape index (κ1) is 14.4. The van der Waals surface area contributed by atoms with Gasteiger partial charge in [-0.25, -0.2) is 0 Å². The van der Waals surface area contributed by atoms with Crippen molar-refractivity contribution in [2.75, 3.05) is 19.4 Å². The number of nitriles is 1. The van der Waals surface area contributed by atoms with Crippen LogP contribution >= 0.6 is 0 Å². The van der Waals surface area contributed by atoms with Gasteiger partial charge in [-0.05, 0) is 19.1 Å². The van der Waals surface area contributed by atoms with E-state index in [1.807, 2.05) is 0 Å². The van der Waals surface area contributed by atoms with E-state index in [1.54, 1.807) is 27.1 Å². The molecular formula is C12H14N4O3. The summed E-state index contributed by atoms with van der Waals surface area (Å²) in [5.41, 5.74) is 0.132. The minimum Gasteiger partial charge on any atom is -0.374 e.